The van der Waals surface area contributed by atoms with Crippen LogP contribution in [0.15, 0.2) is 18.2 Å². The second kappa shape index (κ2) is 8.34. The Morgan fingerprint density at radius 3 is 2.38 bits per heavy atom. The highest BCUT2D eigenvalue weighted by molar-refractivity contribution is 7.92. The maximum atomic E-state index is 12.0. The molecule has 21 heavy (non-hydrogen) atoms. The number of sulfonamides is 1. The van der Waals surface area contributed by atoms with E-state index in [1.165, 1.54) is 0 Å². The molecule has 1 atom stereocenters. The van der Waals surface area contributed by atoms with Crippen molar-refractivity contribution in [2.75, 3.05) is 29.6 Å². The van der Waals surface area contributed by atoms with E-state index < -0.39 is 10.0 Å². The molecule has 0 amide bonds. The molecule has 1 rings (SSSR count). The number of anilines is 1. The van der Waals surface area contributed by atoms with Crippen molar-refractivity contribution in [3.8, 4) is 11.5 Å². The Labute approximate surface area is 131 Å². The third-order valence-corrected chi connectivity index (χ3v) is 4.67. The maximum Gasteiger partial charge on any atom is 0.233 e. The number of halogens is 1. The summed E-state index contributed by atoms with van der Waals surface area (Å²) in [5, 5.41) is 0. The van der Waals surface area contributed by atoms with Crippen LogP contribution in [-0.2, 0) is 10.0 Å². The van der Waals surface area contributed by atoms with Gasteiger partial charge in [0.1, 0.15) is 0 Å². The lowest BCUT2D eigenvalue weighted by Crippen LogP contribution is -2.22. The molecule has 0 radical (unpaired) electrons. The first-order chi connectivity index (χ1) is 9.91. The van der Waals surface area contributed by atoms with E-state index in [0.717, 1.165) is 0 Å². The van der Waals surface area contributed by atoms with E-state index in [1.54, 1.807) is 25.1 Å². The van der Waals surface area contributed by atoms with Crippen molar-refractivity contribution >= 4 is 27.3 Å². The minimum absolute atomic E-state index is 0.0202. The van der Waals surface area contributed by atoms with E-state index in [1.807, 2.05) is 13.8 Å². The molecule has 1 N–H and O–H groups in total. The second-order valence-corrected chi connectivity index (χ2v) is 6.75. The van der Waals surface area contributed by atoms with Crippen LogP contribution in [0.4, 0.5) is 5.69 Å². The van der Waals surface area contributed by atoms with Crippen LogP contribution in [0, 0.1) is 5.92 Å². The van der Waals surface area contributed by atoms with E-state index in [9.17, 15) is 8.42 Å². The summed E-state index contributed by atoms with van der Waals surface area (Å²) in [5.41, 5.74) is 0.448. The van der Waals surface area contributed by atoms with Gasteiger partial charge in [-0.25, -0.2) is 8.42 Å². The van der Waals surface area contributed by atoms with Gasteiger partial charge in [0.25, 0.3) is 0 Å². The topological polar surface area (TPSA) is 64.6 Å². The van der Waals surface area contributed by atoms with E-state index in [-0.39, 0.29) is 11.7 Å². The number of nitrogens with one attached hydrogen (secondary N) is 1. The number of hydrogen-bond acceptors (Lipinski definition) is 4. The lowest BCUT2D eigenvalue weighted by Gasteiger charge is -2.14. The molecule has 1 aromatic carbocycles. The average Bonchev–Trinajstić information content (AvgIpc) is 2.41. The fraction of sp³-hybridized carbons (Fsp3) is 0.571. The number of ether oxygens (including phenoxy) is 2. The Morgan fingerprint density at radius 2 is 1.81 bits per heavy atom. The van der Waals surface area contributed by atoms with Crippen molar-refractivity contribution in [2.24, 2.45) is 5.92 Å². The molecule has 120 valence electrons. The van der Waals surface area contributed by atoms with Crippen LogP contribution < -0.4 is 14.2 Å². The summed E-state index contributed by atoms with van der Waals surface area (Å²) >= 11 is 5.65. The van der Waals surface area contributed by atoms with Crippen molar-refractivity contribution < 1.29 is 17.9 Å². The molecule has 1 aromatic rings. The molecule has 0 aliphatic heterocycles. The van der Waals surface area contributed by atoms with Crippen LogP contribution in [0.25, 0.3) is 0 Å². The summed E-state index contributed by atoms with van der Waals surface area (Å²) in [6.45, 7) is 6.50. The van der Waals surface area contributed by atoms with Gasteiger partial charge in [-0.3, -0.25) is 4.72 Å². The zero-order valence-corrected chi connectivity index (χ0v) is 14.1. The molecule has 0 aliphatic rings. The second-order valence-electron chi connectivity index (χ2n) is 4.67. The van der Waals surface area contributed by atoms with E-state index in [0.29, 0.717) is 36.3 Å². The fourth-order valence-electron chi connectivity index (χ4n) is 1.75. The van der Waals surface area contributed by atoms with E-state index in [2.05, 4.69) is 4.72 Å². The number of alkyl halides is 1. The maximum absolute atomic E-state index is 12.0. The molecule has 0 aromatic heterocycles. The molecule has 7 heteroatoms. The standard InChI is InChI=1S/C14H22ClNO4S/c1-4-19-13-7-6-12(8-14(13)20-5-2)16-21(17,18)10-11(3)9-15/h6-8,11,16H,4-5,9-10H2,1-3H3. The van der Waals surface area contributed by atoms with Crippen LogP contribution >= 0.6 is 11.6 Å². The monoisotopic (exact) mass is 335 g/mol. The van der Waals surface area contributed by atoms with Gasteiger partial charge in [-0.15, -0.1) is 11.6 Å². The van der Waals surface area contributed by atoms with Crippen LogP contribution in [-0.4, -0.2) is 33.3 Å². The highest BCUT2D eigenvalue weighted by Gasteiger charge is 2.16. The zero-order chi connectivity index (χ0) is 15.9. The Morgan fingerprint density at radius 1 is 1.19 bits per heavy atom. The van der Waals surface area contributed by atoms with Gasteiger partial charge in [0.15, 0.2) is 11.5 Å². The minimum Gasteiger partial charge on any atom is -0.490 e. The van der Waals surface area contributed by atoms with Crippen molar-refractivity contribution in [3.63, 3.8) is 0 Å². The normalized spacial score (nSPS) is 12.8. The van der Waals surface area contributed by atoms with Crippen LogP contribution in [0.2, 0.25) is 0 Å². The van der Waals surface area contributed by atoms with Gasteiger partial charge in [-0.05, 0) is 31.9 Å². The molecule has 0 spiro atoms. The Hall–Kier alpha value is -1.14. The fourth-order valence-corrected chi connectivity index (χ4v) is 3.43. The number of benzene rings is 1. The summed E-state index contributed by atoms with van der Waals surface area (Å²) in [6.07, 6.45) is 0. The number of rotatable bonds is 9. The van der Waals surface area contributed by atoms with Crippen molar-refractivity contribution in [3.05, 3.63) is 18.2 Å². The SMILES string of the molecule is CCOc1ccc(NS(=O)(=O)CC(C)CCl)cc1OCC. The van der Waals surface area contributed by atoms with Gasteiger partial charge < -0.3 is 9.47 Å². The quantitative estimate of drug-likeness (QED) is 0.704. The van der Waals surface area contributed by atoms with E-state index >= 15 is 0 Å². The van der Waals surface area contributed by atoms with Crippen LogP contribution in [0.1, 0.15) is 20.8 Å². The van der Waals surface area contributed by atoms with Crippen LogP contribution in [0.3, 0.4) is 0 Å². The van der Waals surface area contributed by atoms with Crippen molar-refractivity contribution in [1.82, 2.24) is 0 Å². The molecule has 0 fully saturated rings. The predicted octanol–water partition coefficient (Wildman–Crippen LogP) is 3.10. The first-order valence-corrected chi connectivity index (χ1v) is 9.06. The Bertz CT molecular complexity index is 548. The average molecular weight is 336 g/mol. The summed E-state index contributed by atoms with van der Waals surface area (Å²) in [5.74, 6) is 1.28. The van der Waals surface area contributed by atoms with Gasteiger partial charge in [0, 0.05) is 11.9 Å². The van der Waals surface area contributed by atoms with Gasteiger partial charge in [-0.2, -0.15) is 0 Å². The molecule has 0 heterocycles. The largest absolute Gasteiger partial charge is 0.490 e. The zero-order valence-electron chi connectivity index (χ0n) is 12.6. The van der Waals surface area contributed by atoms with E-state index in [4.69, 9.17) is 21.1 Å². The smallest absolute Gasteiger partial charge is 0.233 e. The molecule has 0 saturated carbocycles. The number of hydrogen-bond donors (Lipinski definition) is 1. The Balaban J connectivity index is 2.91. The summed E-state index contributed by atoms with van der Waals surface area (Å²) < 4.78 is 37.4. The molecular formula is C14H22ClNO4S. The first kappa shape index (κ1) is 17.9. The van der Waals surface area contributed by atoms with Gasteiger partial charge in [0.2, 0.25) is 10.0 Å². The molecule has 0 bridgehead atoms. The predicted molar refractivity (Wildman–Crippen MR) is 86.1 cm³/mol. The summed E-state index contributed by atoms with van der Waals surface area (Å²) in [7, 11) is -3.43. The lowest BCUT2D eigenvalue weighted by molar-refractivity contribution is 0.288. The van der Waals surface area contributed by atoms with Gasteiger partial charge >= 0.3 is 0 Å². The summed E-state index contributed by atoms with van der Waals surface area (Å²) in [6, 6.07) is 4.96. The third kappa shape index (κ3) is 6.01. The highest BCUT2D eigenvalue weighted by atomic mass is 35.5. The third-order valence-electron chi connectivity index (χ3n) is 2.58. The molecular weight excluding hydrogens is 314 g/mol. The molecule has 0 aliphatic carbocycles. The summed E-state index contributed by atoms with van der Waals surface area (Å²) in [4.78, 5) is 0. The van der Waals surface area contributed by atoms with Gasteiger partial charge in [0.05, 0.1) is 24.7 Å². The Kier molecular flexibility index (Phi) is 7.11. The first-order valence-electron chi connectivity index (χ1n) is 6.88. The van der Waals surface area contributed by atoms with Crippen molar-refractivity contribution in [1.29, 1.82) is 0 Å². The van der Waals surface area contributed by atoms with Gasteiger partial charge in [-0.1, -0.05) is 6.92 Å². The molecule has 1 unspecified atom stereocenters. The lowest BCUT2D eigenvalue weighted by atomic mass is 10.3. The van der Waals surface area contributed by atoms with Crippen LogP contribution in [0.5, 0.6) is 11.5 Å². The molecule has 0 saturated heterocycles. The van der Waals surface area contributed by atoms with Crippen molar-refractivity contribution in [2.45, 2.75) is 20.8 Å². The highest BCUT2D eigenvalue weighted by Crippen LogP contribution is 2.31. The molecule has 5 nitrogen and oxygen atoms in total. The minimum atomic E-state index is -3.43.